The highest BCUT2D eigenvalue weighted by atomic mass is 15.1. The van der Waals surface area contributed by atoms with Crippen molar-refractivity contribution in [3.63, 3.8) is 0 Å². The van der Waals surface area contributed by atoms with Gasteiger partial charge in [0.2, 0.25) is 0 Å². The first-order valence-electron chi connectivity index (χ1n) is 17.8. The summed E-state index contributed by atoms with van der Waals surface area (Å²) in [6.45, 7) is 4.50. The molecule has 1 aliphatic rings. The lowest BCUT2D eigenvalue weighted by molar-refractivity contribution is 0.602. The standard InChI is InChI=1S/C46H31N7/c1-46(2)36-24-30(45-50-43(28-13-5-3-6-14-28)49-44(51-45)29-15-7-4-8-16-29)23-35-34-25-31(21-22-39(34)53(41(35)36)40-26-47-27-48-42(40)46)52-37-19-11-9-17-32(37)33-18-10-12-20-38(33)52/h3-27H,1-2H3. The van der Waals surface area contributed by atoms with Gasteiger partial charge in [0.05, 0.1) is 39.6 Å². The van der Waals surface area contributed by atoms with Gasteiger partial charge in [0.1, 0.15) is 6.33 Å². The topological polar surface area (TPSA) is 74.3 Å². The first-order valence-corrected chi connectivity index (χ1v) is 17.8. The van der Waals surface area contributed by atoms with E-state index < -0.39 is 5.41 Å². The van der Waals surface area contributed by atoms with Crippen LogP contribution in [-0.2, 0) is 5.41 Å². The normalized spacial score (nSPS) is 13.2. The zero-order chi connectivity index (χ0) is 35.3. The molecule has 6 aromatic carbocycles. The number of hydrogen-bond donors (Lipinski definition) is 0. The molecular formula is C46H31N7. The highest BCUT2D eigenvalue weighted by molar-refractivity contribution is 6.14. The number of benzene rings is 6. The van der Waals surface area contributed by atoms with E-state index in [2.05, 4.69) is 107 Å². The van der Waals surface area contributed by atoms with Crippen molar-refractivity contribution >= 4 is 43.6 Å². The summed E-state index contributed by atoms with van der Waals surface area (Å²) in [5.41, 5.74) is 11.2. The van der Waals surface area contributed by atoms with E-state index in [-0.39, 0.29) is 0 Å². The van der Waals surface area contributed by atoms with Crippen molar-refractivity contribution in [3.05, 3.63) is 163 Å². The first-order chi connectivity index (χ1) is 26.0. The highest BCUT2D eigenvalue weighted by Crippen LogP contribution is 2.48. The third kappa shape index (κ3) is 4.31. The second-order valence-corrected chi connectivity index (χ2v) is 14.2. The molecule has 0 spiro atoms. The molecule has 53 heavy (non-hydrogen) atoms. The van der Waals surface area contributed by atoms with Gasteiger partial charge in [-0.05, 0) is 61.9 Å². The molecule has 0 amide bonds. The number of rotatable bonds is 4. The summed E-state index contributed by atoms with van der Waals surface area (Å²) in [5, 5.41) is 4.73. The zero-order valence-corrected chi connectivity index (χ0v) is 29.1. The van der Waals surface area contributed by atoms with Gasteiger partial charge in [0.25, 0.3) is 0 Å². The van der Waals surface area contributed by atoms with Gasteiger partial charge in [0, 0.05) is 49.3 Å². The molecule has 0 saturated heterocycles. The fourth-order valence-corrected chi connectivity index (χ4v) is 8.36. The van der Waals surface area contributed by atoms with Crippen LogP contribution in [0, 0.1) is 0 Å². The van der Waals surface area contributed by atoms with Gasteiger partial charge in [-0.15, -0.1) is 0 Å². The molecule has 0 saturated carbocycles. The lowest BCUT2D eigenvalue weighted by Gasteiger charge is -2.33. The van der Waals surface area contributed by atoms with E-state index >= 15 is 0 Å². The summed E-state index contributed by atoms with van der Waals surface area (Å²) in [7, 11) is 0. The Hall–Kier alpha value is -6.99. The summed E-state index contributed by atoms with van der Waals surface area (Å²) in [5.74, 6) is 1.90. The van der Waals surface area contributed by atoms with Crippen LogP contribution in [0.1, 0.15) is 25.1 Å². The van der Waals surface area contributed by atoms with Crippen LogP contribution in [0.5, 0.6) is 0 Å². The van der Waals surface area contributed by atoms with Gasteiger partial charge in [-0.1, -0.05) is 97.1 Å². The first kappa shape index (κ1) is 29.7. The molecule has 0 unspecified atom stereocenters. The maximum Gasteiger partial charge on any atom is 0.164 e. The Morgan fingerprint density at radius 1 is 0.491 bits per heavy atom. The average Bonchev–Trinajstić information content (AvgIpc) is 3.73. The summed E-state index contributed by atoms with van der Waals surface area (Å²) in [6, 6.07) is 48.9. The minimum absolute atomic E-state index is 0.426. The Balaban J connectivity index is 1.23. The van der Waals surface area contributed by atoms with Crippen LogP contribution in [0.3, 0.4) is 0 Å². The minimum atomic E-state index is -0.426. The van der Waals surface area contributed by atoms with E-state index in [1.54, 1.807) is 6.33 Å². The SMILES string of the molecule is CC1(C)c2ncncc2-n2c3ccc(-n4c5ccccc5c5ccccc54)cc3c3cc(-c4nc(-c5ccccc5)nc(-c5ccccc5)n4)cc1c32. The van der Waals surface area contributed by atoms with Gasteiger partial charge in [-0.2, -0.15) is 0 Å². The lowest BCUT2D eigenvalue weighted by Crippen LogP contribution is -2.28. The molecule has 0 radical (unpaired) electrons. The molecule has 7 heteroatoms. The van der Waals surface area contributed by atoms with Gasteiger partial charge >= 0.3 is 0 Å². The fraction of sp³-hybridized carbons (Fsp3) is 0.0652. The van der Waals surface area contributed by atoms with E-state index in [9.17, 15) is 0 Å². The maximum atomic E-state index is 5.15. The Morgan fingerprint density at radius 2 is 1.06 bits per heavy atom. The second kappa shape index (κ2) is 11.0. The molecular weight excluding hydrogens is 651 g/mol. The molecule has 1 aliphatic heterocycles. The van der Waals surface area contributed by atoms with Crippen LogP contribution in [0.25, 0.3) is 89.2 Å². The summed E-state index contributed by atoms with van der Waals surface area (Å²) < 4.78 is 4.72. The second-order valence-electron chi connectivity index (χ2n) is 14.2. The average molecular weight is 682 g/mol. The Labute approximate surface area is 304 Å². The molecule has 0 aliphatic carbocycles. The minimum Gasteiger partial charge on any atom is -0.309 e. The van der Waals surface area contributed by atoms with Crippen LogP contribution in [0.2, 0.25) is 0 Å². The van der Waals surface area contributed by atoms with Crippen molar-refractivity contribution in [2.24, 2.45) is 0 Å². The molecule has 11 rings (SSSR count). The molecule has 7 nitrogen and oxygen atoms in total. The maximum absolute atomic E-state index is 5.15. The lowest BCUT2D eigenvalue weighted by atomic mass is 9.77. The molecule has 0 bridgehead atoms. The Bertz CT molecular complexity index is 2970. The van der Waals surface area contributed by atoms with Gasteiger partial charge in [-0.25, -0.2) is 24.9 Å². The number of aromatic nitrogens is 7. The molecule has 4 aromatic heterocycles. The van der Waals surface area contributed by atoms with Crippen LogP contribution >= 0.6 is 0 Å². The van der Waals surface area contributed by atoms with E-state index in [1.807, 2.05) is 66.9 Å². The van der Waals surface area contributed by atoms with Crippen molar-refractivity contribution in [1.29, 1.82) is 0 Å². The largest absolute Gasteiger partial charge is 0.309 e. The Kier molecular flexibility index (Phi) is 6.17. The van der Waals surface area contributed by atoms with Crippen LogP contribution in [0.4, 0.5) is 0 Å². The van der Waals surface area contributed by atoms with Crippen LogP contribution in [-0.4, -0.2) is 34.1 Å². The van der Waals surface area contributed by atoms with E-state index in [0.29, 0.717) is 17.5 Å². The number of fused-ring (bicyclic) bond motifs is 8. The van der Waals surface area contributed by atoms with Gasteiger partial charge < -0.3 is 9.13 Å². The monoisotopic (exact) mass is 681 g/mol. The van der Waals surface area contributed by atoms with Gasteiger partial charge in [0.15, 0.2) is 17.5 Å². The molecule has 0 atom stereocenters. The number of nitrogens with zero attached hydrogens (tertiary/aromatic N) is 7. The molecule has 5 heterocycles. The number of hydrogen-bond acceptors (Lipinski definition) is 5. The fourth-order valence-electron chi connectivity index (χ4n) is 8.36. The van der Waals surface area contributed by atoms with Crippen LogP contribution in [0.15, 0.2) is 152 Å². The molecule has 10 aromatic rings. The van der Waals surface area contributed by atoms with E-state index in [0.717, 1.165) is 61.1 Å². The van der Waals surface area contributed by atoms with Crippen molar-refractivity contribution in [3.8, 4) is 45.5 Å². The predicted octanol–water partition coefficient (Wildman–Crippen LogP) is 10.5. The summed E-state index contributed by atoms with van der Waals surface area (Å²) >= 11 is 0. The summed E-state index contributed by atoms with van der Waals surface area (Å²) in [6.07, 6.45) is 3.61. The van der Waals surface area contributed by atoms with E-state index in [4.69, 9.17) is 19.9 Å². The van der Waals surface area contributed by atoms with Crippen molar-refractivity contribution in [1.82, 2.24) is 34.1 Å². The third-order valence-electron chi connectivity index (χ3n) is 10.8. The van der Waals surface area contributed by atoms with Crippen molar-refractivity contribution in [2.75, 3.05) is 0 Å². The van der Waals surface area contributed by atoms with Crippen LogP contribution < -0.4 is 0 Å². The smallest absolute Gasteiger partial charge is 0.164 e. The molecule has 250 valence electrons. The highest BCUT2D eigenvalue weighted by Gasteiger charge is 2.37. The summed E-state index contributed by atoms with van der Waals surface area (Å²) in [4.78, 5) is 24.7. The number of para-hydroxylation sites is 2. The molecule has 0 N–H and O–H groups in total. The zero-order valence-electron chi connectivity index (χ0n) is 29.1. The third-order valence-corrected chi connectivity index (χ3v) is 10.8. The van der Waals surface area contributed by atoms with Crippen molar-refractivity contribution < 1.29 is 0 Å². The van der Waals surface area contributed by atoms with Gasteiger partial charge in [-0.3, -0.25) is 0 Å². The van der Waals surface area contributed by atoms with E-state index in [1.165, 1.54) is 21.8 Å². The predicted molar refractivity (Wildman–Crippen MR) is 213 cm³/mol. The Morgan fingerprint density at radius 3 is 1.70 bits per heavy atom. The quantitative estimate of drug-likeness (QED) is 0.185. The molecule has 0 fully saturated rings. The van der Waals surface area contributed by atoms with Crippen molar-refractivity contribution in [2.45, 2.75) is 19.3 Å².